The maximum Gasteiger partial charge on any atom is 0.419 e. The van der Waals surface area contributed by atoms with Crippen LogP contribution in [0.5, 0.6) is 0 Å². The highest BCUT2D eigenvalue weighted by Crippen LogP contribution is 2.34. The number of alkyl halides is 3. The van der Waals surface area contributed by atoms with Crippen LogP contribution in [0.3, 0.4) is 0 Å². The number of carbonyl (C=O) groups is 2. The monoisotopic (exact) mass is 526 g/mol. The summed E-state index contributed by atoms with van der Waals surface area (Å²) in [5.74, 6) is -2.78. The molecule has 12 heteroatoms. The topological polar surface area (TPSA) is 116 Å². The van der Waals surface area contributed by atoms with Gasteiger partial charge in [0, 0.05) is 28.9 Å². The number of allylic oxidation sites excluding steroid dienone is 1. The minimum atomic E-state index is -4.95. The molecular weight excluding hydrogens is 504 g/mol. The summed E-state index contributed by atoms with van der Waals surface area (Å²) in [5, 5.41) is 7.88. The molecule has 0 radical (unpaired) electrons. The van der Waals surface area contributed by atoms with Gasteiger partial charge in [-0.1, -0.05) is 6.07 Å². The fourth-order valence-electron chi connectivity index (χ4n) is 3.88. The normalized spacial score (nSPS) is 12.0. The fourth-order valence-corrected chi connectivity index (χ4v) is 3.88. The Balaban J connectivity index is 1.54. The van der Waals surface area contributed by atoms with Crippen molar-refractivity contribution in [1.29, 1.82) is 0 Å². The second kappa shape index (κ2) is 10.0. The zero-order valence-electron chi connectivity index (χ0n) is 20.5. The number of benzene rings is 2. The lowest BCUT2D eigenvalue weighted by Crippen LogP contribution is -2.11. The number of aryl methyl sites for hydroxylation is 1. The van der Waals surface area contributed by atoms with Crippen LogP contribution in [0.2, 0.25) is 0 Å². The lowest BCUT2D eigenvalue weighted by Gasteiger charge is -2.09. The summed E-state index contributed by atoms with van der Waals surface area (Å²) < 4.78 is 53.9. The number of carbonyl (C=O) groups excluding carboxylic acids is 2. The van der Waals surface area contributed by atoms with E-state index in [1.807, 2.05) is 20.8 Å². The number of halogens is 4. The number of nitrogen functional groups attached to an aromatic ring is 1. The number of amides is 1. The second-order valence-electron chi connectivity index (χ2n) is 8.75. The van der Waals surface area contributed by atoms with E-state index in [9.17, 15) is 27.2 Å². The van der Waals surface area contributed by atoms with Crippen molar-refractivity contribution in [2.24, 2.45) is 0 Å². The third kappa shape index (κ3) is 5.24. The predicted octanol–water partition coefficient (Wildman–Crippen LogP) is 5.50. The van der Waals surface area contributed by atoms with Crippen LogP contribution in [-0.4, -0.2) is 31.4 Å². The van der Waals surface area contributed by atoms with E-state index in [0.29, 0.717) is 34.5 Å². The van der Waals surface area contributed by atoms with Crippen LogP contribution < -0.4 is 11.1 Å². The molecule has 4 rings (SSSR count). The van der Waals surface area contributed by atoms with Gasteiger partial charge >= 0.3 is 6.18 Å². The highest BCUT2D eigenvalue weighted by molar-refractivity contribution is 6.10. The first kappa shape index (κ1) is 26.5. The molecule has 0 aliphatic heterocycles. The molecule has 0 saturated carbocycles. The van der Waals surface area contributed by atoms with Gasteiger partial charge in [-0.3, -0.25) is 9.59 Å². The van der Waals surface area contributed by atoms with Crippen LogP contribution in [0.4, 0.5) is 29.1 Å². The molecular formula is C26H22F4N6O2. The molecule has 2 aromatic carbocycles. The minimum Gasteiger partial charge on any atom is -0.383 e. The van der Waals surface area contributed by atoms with Crippen molar-refractivity contribution >= 4 is 34.2 Å². The zero-order chi connectivity index (χ0) is 27.8. The summed E-state index contributed by atoms with van der Waals surface area (Å²) in [6.07, 6.45) is -1.88. The molecule has 8 nitrogen and oxygen atoms in total. The summed E-state index contributed by atoms with van der Waals surface area (Å²) in [5.41, 5.74) is 7.25. The molecule has 0 saturated heterocycles. The maximum absolute atomic E-state index is 13.5. The zero-order valence-corrected chi connectivity index (χ0v) is 20.5. The first-order valence-corrected chi connectivity index (χ1v) is 11.4. The standard InChI is InChI=1S/C26H22F4N6O2/c1-13(2)36-25-22(24(31)32-12-33-25)23(35-36)17-6-5-16(10-14(17)3)34-21(38)9-8-20(37)15-4-7-19(27)18(11-15)26(28,29)30/h4-13H,1-3H3,(H,34,38)(H2,31,32,33)/b9-8+. The molecule has 196 valence electrons. The van der Waals surface area contributed by atoms with Gasteiger partial charge in [-0.15, -0.1) is 0 Å². The predicted molar refractivity (Wildman–Crippen MR) is 134 cm³/mol. The number of anilines is 2. The van der Waals surface area contributed by atoms with Gasteiger partial charge in [0.25, 0.3) is 0 Å². The Morgan fingerprint density at radius 1 is 1.08 bits per heavy atom. The van der Waals surface area contributed by atoms with Gasteiger partial charge in [0.1, 0.15) is 23.7 Å². The third-order valence-electron chi connectivity index (χ3n) is 5.70. The number of ketones is 1. The van der Waals surface area contributed by atoms with Crippen LogP contribution in [0.25, 0.3) is 22.3 Å². The molecule has 3 N–H and O–H groups in total. The Hall–Kier alpha value is -4.61. The van der Waals surface area contributed by atoms with Crippen LogP contribution in [0.15, 0.2) is 54.9 Å². The van der Waals surface area contributed by atoms with Gasteiger partial charge < -0.3 is 11.1 Å². The largest absolute Gasteiger partial charge is 0.419 e. The molecule has 0 aliphatic rings. The SMILES string of the molecule is Cc1cc(NC(=O)/C=C/C(=O)c2ccc(F)c(C(F)(F)F)c2)ccc1-c1nn(C(C)C)c2ncnc(N)c12. The minimum absolute atomic E-state index is 0.0175. The average molecular weight is 526 g/mol. The first-order valence-electron chi connectivity index (χ1n) is 11.4. The molecule has 0 fully saturated rings. The van der Waals surface area contributed by atoms with E-state index in [2.05, 4.69) is 20.4 Å². The molecule has 0 bridgehead atoms. The molecule has 0 atom stereocenters. The smallest absolute Gasteiger partial charge is 0.383 e. The Morgan fingerprint density at radius 3 is 2.47 bits per heavy atom. The van der Waals surface area contributed by atoms with Crippen LogP contribution in [-0.2, 0) is 11.0 Å². The molecule has 2 heterocycles. The quantitative estimate of drug-likeness (QED) is 0.195. The summed E-state index contributed by atoms with van der Waals surface area (Å²) in [6, 6.07) is 6.97. The number of hydrogen-bond donors (Lipinski definition) is 2. The van der Waals surface area contributed by atoms with E-state index >= 15 is 0 Å². The Kier molecular flexibility index (Phi) is 6.99. The summed E-state index contributed by atoms with van der Waals surface area (Å²) in [6.45, 7) is 5.74. The first-order chi connectivity index (χ1) is 17.9. The van der Waals surface area contributed by atoms with E-state index < -0.39 is 34.8 Å². The van der Waals surface area contributed by atoms with Gasteiger partial charge in [-0.05, 0) is 62.7 Å². The summed E-state index contributed by atoms with van der Waals surface area (Å²) in [7, 11) is 0. The number of aromatic nitrogens is 4. The highest BCUT2D eigenvalue weighted by atomic mass is 19.4. The van der Waals surface area contributed by atoms with E-state index in [1.165, 1.54) is 6.33 Å². The Bertz CT molecular complexity index is 1590. The Morgan fingerprint density at radius 2 is 1.82 bits per heavy atom. The summed E-state index contributed by atoms with van der Waals surface area (Å²) in [4.78, 5) is 33.0. The molecule has 0 spiro atoms. The number of rotatable bonds is 6. The number of fused-ring (bicyclic) bond motifs is 1. The van der Waals surface area contributed by atoms with Crippen molar-refractivity contribution in [2.45, 2.75) is 33.0 Å². The van der Waals surface area contributed by atoms with Crippen molar-refractivity contribution in [3.63, 3.8) is 0 Å². The highest BCUT2D eigenvalue weighted by Gasteiger charge is 2.34. The van der Waals surface area contributed by atoms with Gasteiger partial charge in [0.2, 0.25) is 5.91 Å². The van der Waals surface area contributed by atoms with Crippen LogP contribution >= 0.6 is 0 Å². The van der Waals surface area contributed by atoms with Crippen molar-refractivity contribution in [3.05, 3.63) is 77.4 Å². The van der Waals surface area contributed by atoms with Crippen molar-refractivity contribution in [1.82, 2.24) is 19.7 Å². The van der Waals surface area contributed by atoms with E-state index in [1.54, 1.807) is 22.9 Å². The fraction of sp³-hybridized carbons (Fsp3) is 0.192. The molecule has 4 aromatic rings. The lowest BCUT2D eigenvalue weighted by atomic mass is 10.0. The van der Waals surface area contributed by atoms with Crippen molar-refractivity contribution < 1.29 is 27.2 Å². The number of nitrogens with zero attached hydrogens (tertiary/aromatic N) is 4. The van der Waals surface area contributed by atoms with Crippen LogP contribution in [0, 0.1) is 12.7 Å². The molecule has 38 heavy (non-hydrogen) atoms. The van der Waals surface area contributed by atoms with Crippen molar-refractivity contribution in [3.8, 4) is 11.3 Å². The van der Waals surface area contributed by atoms with E-state index in [-0.39, 0.29) is 11.9 Å². The van der Waals surface area contributed by atoms with E-state index in [0.717, 1.165) is 29.3 Å². The number of nitrogens with two attached hydrogens (primary N) is 1. The average Bonchev–Trinajstić information content (AvgIpc) is 3.23. The van der Waals surface area contributed by atoms with Gasteiger partial charge in [-0.25, -0.2) is 19.0 Å². The third-order valence-corrected chi connectivity index (χ3v) is 5.70. The Labute approximate surface area is 214 Å². The number of hydrogen-bond acceptors (Lipinski definition) is 6. The maximum atomic E-state index is 13.5. The van der Waals surface area contributed by atoms with Gasteiger partial charge in [0.15, 0.2) is 11.4 Å². The molecule has 2 aromatic heterocycles. The van der Waals surface area contributed by atoms with E-state index in [4.69, 9.17) is 5.73 Å². The summed E-state index contributed by atoms with van der Waals surface area (Å²) >= 11 is 0. The van der Waals surface area contributed by atoms with Gasteiger partial charge in [0.05, 0.1) is 10.9 Å². The molecule has 0 unspecified atom stereocenters. The van der Waals surface area contributed by atoms with Crippen molar-refractivity contribution in [2.75, 3.05) is 11.1 Å². The van der Waals surface area contributed by atoms with Gasteiger partial charge in [-0.2, -0.15) is 18.3 Å². The number of nitrogens with one attached hydrogen (secondary N) is 1. The van der Waals surface area contributed by atoms with Crippen LogP contribution in [0.1, 0.15) is 41.4 Å². The molecule has 1 amide bonds. The second-order valence-corrected chi connectivity index (χ2v) is 8.75. The lowest BCUT2D eigenvalue weighted by molar-refractivity contribution is -0.140. The molecule has 0 aliphatic carbocycles.